The first kappa shape index (κ1) is 14.9. The van der Waals surface area contributed by atoms with Crippen LogP contribution in [0.15, 0.2) is 0 Å². The summed E-state index contributed by atoms with van der Waals surface area (Å²) in [5.74, 6) is 2.79. The summed E-state index contributed by atoms with van der Waals surface area (Å²) in [5.41, 5.74) is 0. The van der Waals surface area contributed by atoms with Crippen molar-refractivity contribution < 1.29 is 20.0 Å². The van der Waals surface area contributed by atoms with Gasteiger partial charge in [-0.25, -0.2) is 0 Å². The summed E-state index contributed by atoms with van der Waals surface area (Å²) in [7, 11) is 0. The summed E-state index contributed by atoms with van der Waals surface area (Å²) in [4.78, 5) is 0. The molecular weight excluding hydrogens is 335 g/mol. The predicted octanol–water partition coefficient (Wildman–Crippen LogP) is 5.41. The van der Waals surface area contributed by atoms with Crippen LogP contribution >= 0.6 is 0 Å². The molecular formula is C13H30Hf. The zero-order chi connectivity index (χ0) is 11.4. The molecule has 0 amide bonds. The minimum absolute atomic E-state index is 0.930. The van der Waals surface area contributed by atoms with Gasteiger partial charge < -0.3 is 0 Å². The average molecular weight is 365 g/mol. The third kappa shape index (κ3) is 7.20. The van der Waals surface area contributed by atoms with Crippen LogP contribution < -0.4 is 0 Å². The number of rotatable bonds is 6. The maximum atomic E-state index is 2.70. The van der Waals surface area contributed by atoms with Crippen LogP contribution in [0, 0.1) is 17.8 Å². The van der Waals surface area contributed by atoms with E-state index in [1.54, 1.807) is 12.5 Å². The van der Waals surface area contributed by atoms with Gasteiger partial charge >= 0.3 is 96.5 Å². The molecule has 0 atom stereocenters. The predicted molar refractivity (Wildman–Crippen MR) is 64.8 cm³/mol. The number of hydrogen-bond donors (Lipinski definition) is 0. The van der Waals surface area contributed by atoms with Gasteiger partial charge in [-0.2, -0.15) is 0 Å². The number of hydrogen-bond acceptors (Lipinski definition) is 0. The fourth-order valence-corrected chi connectivity index (χ4v) is 26.2. The molecule has 0 aliphatic heterocycles. The molecule has 0 aromatic carbocycles. The standard InChI is InChI=1S/3C4H9.CH3.Hf/c3*1-4(2)3;;/h3*4H,1H2,2-3H3;1H3;. The van der Waals surface area contributed by atoms with E-state index >= 15 is 0 Å². The van der Waals surface area contributed by atoms with Crippen molar-refractivity contribution in [2.24, 2.45) is 17.8 Å². The maximum absolute atomic E-state index is 2.70. The molecule has 0 aromatic rings. The second kappa shape index (κ2) is 6.45. The van der Waals surface area contributed by atoms with Crippen LogP contribution in [0.2, 0.25) is 17.2 Å². The Hall–Kier alpha value is 0.870. The fraction of sp³-hybridized carbons (Fsp3) is 1.00. The molecule has 0 saturated carbocycles. The first-order chi connectivity index (χ1) is 6.25. The van der Waals surface area contributed by atoms with E-state index in [0.29, 0.717) is 0 Å². The van der Waals surface area contributed by atoms with Crippen LogP contribution in [-0.4, -0.2) is 0 Å². The molecule has 0 fully saturated rings. The van der Waals surface area contributed by atoms with Gasteiger partial charge in [0.25, 0.3) is 0 Å². The van der Waals surface area contributed by atoms with Gasteiger partial charge in [0, 0.05) is 0 Å². The Balaban J connectivity index is 4.32. The summed E-state index contributed by atoms with van der Waals surface area (Å²) in [6.45, 7) is 14.4. The Morgan fingerprint density at radius 2 is 0.857 bits per heavy atom. The van der Waals surface area contributed by atoms with E-state index in [1.807, 2.05) is 0 Å². The van der Waals surface area contributed by atoms with Gasteiger partial charge in [0.05, 0.1) is 0 Å². The van der Waals surface area contributed by atoms with Gasteiger partial charge in [-0.1, -0.05) is 0 Å². The van der Waals surface area contributed by atoms with Crippen LogP contribution in [-0.2, 0) is 20.0 Å². The fourth-order valence-electron chi connectivity index (χ4n) is 3.21. The van der Waals surface area contributed by atoms with Crippen molar-refractivity contribution in [3.63, 3.8) is 0 Å². The first-order valence-electron chi connectivity index (χ1n) is 6.25. The van der Waals surface area contributed by atoms with Gasteiger partial charge in [-0.15, -0.1) is 0 Å². The van der Waals surface area contributed by atoms with Crippen LogP contribution in [0.3, 0.4) is 0 Å². The third-order valence-corrected chi connectivity index (χ3v) is 22.1. The molecule has 0 spiro atoms. The molecule has 14 heavy (non-hydrogen) atoms. The normalized spacial score (nSPS) is 13.3. The van der Waals surface area contributed by atoms with Crippen LogP contribution in [0.4, 0.5) is 0 Å². The van der Waals surface area contributed by atoms with Crippen molar-refractivity contribution in [3.05, 3.63) is 0 Å². The molecule has 0 radical (unpaired) electrons. The monoisotopic (exact) mass is 366 g/mol. The summed E-state index contributed by atoms with van der Waals surface area (Å²) in [5, 5.41) is 0. The van der Waals surface area contributed by atoms with Crippen LogP contribution in [0.5, 0.6) is 0 Å². The molecule has 0 unspecified atom stereocenters. The quantitative estimate of drug-likeness (QED) is 0.553. The molecule has 0 bridgehead atoms. The zero-order valence-corrected chi connectivity index (χ0v) is 14.9. The Bertz CT molecular complexity index is 121. The molecule has 0 aliphatic carbocycles. The molecule has 0 aliphatic rings. The van der Waals surface area contributed by atoms with Crippen LogP contribution in [0.1, 0.15) is 41.5 Å². The third-order valence-electron chi connectivity index (χ3n) is 2.70. The van der Waals surface area contributed by atoms with Gasteiger partial charge in [0.1, 0.15) is 0 Å². The van der Waals surface area contributed by atoms with Crippen molar-refractivity contribution in [2.75, 3.05) is 0 Å². The van der Waals surface area contributed by atoms with Crippen LogP contribution in [0.25, 0.3) is 0 Å². The molecule has 0 saturated heterocycles. The topological polar surface area (TPSA) is 0 Å². The summed E-state index contributed by atoms with van der Waals surface area (Å²) < 4.78 is 7.50. The Morgan fingerprint density at radius 1 is 0.643 bits per heavy atom. The van der Waals surface area contributed by atoms with E-state index in [2.05, 4.69) is 46.2 Å². The van der Waals surface area contributed by atoms with Crippen molar-refractivity contribution in [2.45, 2.75) is 58.8 Å². The molecule has 0 N–H and O–H groups in total. The molecule has 0 aromatic heterocycles. The van der Waals surface area contributed by atoms with E-state index in [1.165, 1.54) is 0 Å². The SMILES string of the molecule is CC(C)[CH2][Hf]([CH3])([CH2]C(C)C)[CH2]C(C)C. The molecule has 0 nitrogen and oxygen atoms in total. The van der Waals surface area contributed by atoms with Gasteiger partial charge in [-0.3, -0.25) is 0 Å². The van der Waals surface area contributed by atoms with Crippen molar-refractivity contribution in [3.8, 4) is 0 Å². The average Bonchev–Trinajstić information content (AvgIpc) is 1.76. The van der Waals surface area contributed by atoms with E-state index in [9.17, 15) is 0 Å². The molecule has 86 valence electrons. The molecule has 0 heterocycles. The van der Waals surface area contributed by atoms with Crippen molar-refractivity contribution in [1.82, 2.24) is 0 Å². The Morgan fingerprint density at radius 3 is 1.00 bits per heavy atom. The van der Waals surface area contributed by atoms with E-state index in [4.69, 9.17) is 0 Å². The second-order valence-electron chi connectivity index (χ2n) is 6.60. The van der Waals surface area contributed by atoms with E-state index in [-0.39, 0.29) is 0 Å². The van der Waals surface area contributed by atoms with Crippen molar-refractivity contribution in [1.29, 1.82) is 0 Å². The van der Waals surface area contributed by atoms with Gasteiger partial charge in [-0.05, 0) is 0 Å². The summed E-state index contributed by atoms with van der Waals surface area (Å²) in [6, 6.07) is 0. The second-order valence-corrected chi connectivity index (χ2v) is 24.0. The first-order valence-corrected chi connectivity index (χ1v) is 17.5. The summed E-state index contributed by atoms with van der Waals surface area (Å²) >= 11 is -1.84. The molecule has 1 heteroatoms. The minimum atomic E-state index is -1.84. The van der Waals surface area contributed by atoms with E-state index < -0.39 is 20.0 Å². The Kier molecular flexibility index (Phi) is 6.85. The summed E-state index contributed by atoms with van der Waals surface area (Å²) in [6.07, 6.45) is 0. The molecule has 0 rings (SSSR count). The van der Waals surface area contributed by atoms with Crippen molar-refractivity contribution >= 4 is 0 Å². The van der Waals surface area contributed by atoms with E-state index in [0.717, 1.165) is 17.8 Å². The Labute approximate surface area is 96.2 Å². The van der Waals surface area contributed by atoms with Gasteiger partial charge in [0.2, 0.25) is 0 Å². The van der Waals surface area contributed by atoms with Gasteiger partial charge in [0.15, 0.2) is 0 Å². The zero-order valence-electron chi connectivity index (χ0n) is 11.4.